The molecule has 28 heavy (non-hydrogen) atoms. The Morgan fingerprint density at radius 1 is 1.25 bits per heavy atom. The molecule has 0 saturated heterocycles. The molecule has 146 valence electrons. The van der Waals surface area contributed by atoms with Crippen molar-refractivity contribution in [3.8, 4) is 11.6 Å². The smallest absolute Gasteiger partial charge is 0.410 e. The predicted octanol–water partition coefficient (Wildman–Crippen LogP) is 4.65. The molecule has 1 aromatic carbocycles. The SMILES string of the molecule is CC(C)(C)OC(=O)N1CCc2ccc(Oc3ncnc4[nH]cc(I)c34)cc2C1. The molecule has 1 aliphatic rings. The molecule has 0 radical (unpaired) electrons. The second-order valence-electron chi connectivity index (χ2n) is 7.72. The molecule has 0 aliphatic carbocycles. The van der Waals surface area contributed by atoms with Crippen LogP contribution in [0.3, 0.4) is 0 Å². The van der Waals surface area contributed by atoms with Crippen LogP contribution in [-0.4, -0.2) is 38.1 Å². The highest BCUT2D eigenvalue weighted by Crippen LogP contribution is 2.32. The molecule has 1 amide bonds. The molecule has 0 atom stereocenters. The molecule has 0 unspecified atom stereocenters. The van der Waals surface area contributed by atoms with Gasteiger partial charge in [0.15, 0.2) is 0 Å². The van der Waals surface area contributed by atoms with Crippen molar-refractivity contribution in [1.29, 1.82) is 0 Å². The van der Waals surface area contributed by atoms with Crippen LogP contribution in [0.25, 0.3) is 11.0 Å². The minimum absolute atomic E-state index is 0.288. The van der Waals surface area contributed by atoms with Gasteiger partial charge < -0.3 is 19.4 Å². The number of rotatable bonds is 2. The third-order valence-electron chi connectivity index (χ3n) is 4.44. The summed E-state index contributed by atoms with van der Waals surface area (Å²) < 4.78 is 12.6. The average molecular weight is 492 g/mol. The second kappa shape index (κ2) is 7.23. The number of nitrogens with one attached hydrogen (secondary N) is 1. The molecule has 0 saturated carbocycles. The highest BCUT2D eigenvalue weighted by Gasteiger charge is 2.26. The van der Waals surface area contributed by atoms with Crippen LogP contribution in [0.5, 0.6) is 11.6 Å². The van der Waals surface area contributed by atoms with Crippen molar-refractivity contribution in [3.63, 3.8) is 0 Å². The maximum Gasteiger partial charge on any atom is 0.410 e. The third-order valence-corrected chi connectivity index (χ3v) is 5.29. The number of H-pyrrole nitrogens is 1. The molecule has 7 nitrogen and oxygen atoms in total. The number of halogens is 1. The van der Waals surface area contributed by atoms with Crippen LogP contribution in [0.2, 0.25) is 0 Å². The van der Waals surface area contributed by atoms with Crippen LogP contribution in [0.4, 0.5) is 4.79 Å². The first-order valence-electron chi connectivity index (χ1n) is 9.05. The van der Waals surface area contributed by atoms with Gasteiger partial charge in [-0.1, -0.05) is 6.07 Å². The highest BCUT2D eigenvalue weighted by atomic mass is 127. The lowest BCUT2D eigenvalue weighted by Gasteiger charge is -2.31. The van der Waals surface area contributed by atoms with Gasteiger partial charge in [-0.3, -0.25) is 0 Å². The van der Waals surface area contributed by atoms with Gasteiger partial charge in [-0.25, -0.2) is 14.8 Å². The van der Waals surface area contributed by atoms with E-state index in [-0.39, 0.29) is 6.09 Å². The summed E-state index contributed by atoms with van der Waals surface area (Å²) in [6, 6.07) is 5.96. The van der Waals surface area contributed by atoms with Gasteiger partial charge >= 0.3 is 6.09 Å². The number of carbonyl (C=O) groups is 1. The monoisotopic (exact) mass is 492 g/mol. The zero-order valence-corrected chi connectivity index (χ0v) is 18.1. The first-order valence-corrected chi connectivity index (χ1v) is 10.1. The molecule has 0 bridgehead atoms. The van der Waals surface area contributed by atoms with E-state index in [9.17, 15) is 4.79 Å². The second-order valence-corrected chi connectivity index (χ2v) is 8.89. The number of hydrogen-bond donors (Lipinski definition) is 1. The van der Waals surface area contributed by atoms with Gasteiger partial charge in [-0.2, -0.15) is 0 Å². The van der Waals surface area contributed by atoms with Crippen LogP contribution in [0, 0.1) is 3.57 Å². The number of fused-ring (bicyclic) bond motifs is 2. The third kappa shape index (κ3) is 3.91. The Morgan fingerprint density at radius 2 is 2.07 bits per heavy atom. The van der Waals surface area contributed by atoms with E-state index in [1.807, 2.05) is 39.1 Å². The minimum Gasteiger partial charge on any atom is -0.444 e. The van der Waals surface area contributed by atoms with Crippen molar-refractivity contribution in [3.05, 3.63) is 45.4 Å². The van der Waals surface area contributed by atoms with Crippen molar-refractivity contribution in [2.75, 3.05) is 6.54 Å². The summed E-state index contributed by atoms with van der Waals surface area (Å²) in [5, 5.41) is 0.858. The Morgan fingerprint density at radius 3 is 2.86 bits per heavy atom. The van der Waals surface area contributed by atoms with E-state index in [0.29, 0.717) is 24.7 Å². The summed E-state index contributed by atoms with van der Waals surface area (Å²) in [4.78, 5) is 25.8. The summed E-state index contributed by atoms with van der Waals surface area (Å²) in [7, 11) is 0. The zero-order chi connectivity index (χ0) is 19.9. The Kier molecular flexibility index (Phi) is 4.90. The number of benzene rings is 1. The van der Waals surface area contributed by atoms with Crippen LogP contribution >= 0.6 is 22.6 Å². The number of amides is 1. The van der Waals surface area contributed by atoms with E-state index in [1.165, 1.54) is 11.9 Å². The summed E-state index contributed by atoms with van der Waals surface area (Å²) in [5.74, 6) is 1.19. The molecule has 2 aromatic heterocycles. The van der Waals surface area contributed by atoms with Gasteiger partial charge in [0.05, 0.1) is 5.39 Å². The van der Waals surface area contributed by atoms with Gasteiger partial charge in [0, 0.05) is 22.9 Å². The van der Waals surface area contributed by atoms with E-state index >= 15 is 0 Å². The van der Waals surface area contributed by atoms with Gasteiger partial charge in [0.2, 0.25) is 5.88 Å². The van der Waals surface area contributed by atoms with E-state index in [4.69, 9.17) is 9.47 Å². The lowest BCUT2D eigenvalue weighted by molar-refractivity contribution is 0.0224. The predicted molar refractivity (Wildman–Crippen MR) is 113 cm³/mol. The van der Waals surface area contributed by atoms with E-state index in [2.05, 4.69) is 43.6 Å². The number of aromatic amines is 1. The molecule has 1 N–H and O–H groups in total. The van der Waals surface area contributed by atoms with E-state index < -0.39 is 5.60 Å². The van der Waals surface area contributed by atoms with Crippen molar-refractivity contribution in [2.45, 2.75) is 39.3 Å². The van der Waals surface area contributed by atoms with Gasteiger partial charge in [-0.15, -0.1) is 0 Å². The van der Waals surface area contributed by atoms with Gasteiger partial charge in [0.25, 0.3) is 0 Å². The van der Waals surface area contributed by atoms with Gasteiger partial charge in [0.1, 0.15) is 23.3 Å². The molecule has 3 aromatic rings. The van der Waals surface area contributed by atoms with Crippen molar-refractivity contribution < 1.29 is 14.3 Å². The van der Waals surface area contributed by atoms with Gasteiger partial charge in [-0.05, 0) is 73.0 Å². The lowest BCUT2D eigenvalue weighted by atomic mass is 10.00. The maximum atomic E-state index is 12.4. The van der Waals surface area contributed by atoms with Crippen molar-refractivity contribution >= 4 is 39.7 Å². The minimum atomic E-state index is -0.506. The molecule has 4 rings (SSSR count). The molecule has 3 heterocycles. The summed E-state index contributed by atoms with van der Waals surface area (Å²) in [6.45, 7) is 6.78. The highest BCUT2D eigenvalue weighted by molar-refractivity contribution is 14.1. The topological polar surface area (TPSA) is 80.3 Å². The fourth-order valence-corrected chi connectivity index (χ4v) is 3.81. The first-order chi connectivity index (χ1) is 13.3. The van der Waals surface area contributed by atoms with Crippen molar-refractivity contribution in [2.24, 2.45) is 0 Å². The maximum absolute atomic E-state index is 12.4. The largest absolute Gasteiger partial charge is 0.444 e. The summed E-state index contributed by atoms with van der Waals surface area (Å²) in [6.07, 6.45) is 3.86. The molecule has 8 heteroatoms. The van der Waals surface area contributed by atoms with Crippen LogP contribution < -0.4 is 4.74 Å². The quantitative estimate of drug-likeness (QED) is 0.527. The summed E-state index contributed by atoms with van der Waals surface area (Å²) in [5.41, 5.74) is 2.51. The first kappa shape index (κ1) is 19.0. The van der Waals surface area contributed by atoms with Crippen LogP contribution in [-0.2, 0) is 17.7 Å². The fourth-order valence-electron chi connectivity index (χ4n) is 3.17. The molecular formula is C20H21IN4O3. The number of nitrogens with zero attached hydrogens (tertiary/aromatic N) is 3. The molecule has 0 spiro atoms. The van der Waals surface area contributed by atoms with Crippen LogP contribution in [0.1, 0.15) is 31.9 Å². The number of aromatic nitrogens is 3. The Labute approximate surface area is 176 Å². The Balaban J connectivity index is 1.57. The Hall–Kier alpha value is -2.36. The molecule has 1 aliphatic heterocycles. The van der Waals surface area contributed by atoms with Crippen molar-refractivity contribution in [1.82, 2.24) is 19.9 Å². The summed E-state index contributed by atoms with van der Waals surface area (Å²) >= 11 is 2.23. The van der Waals surface area contributed by atoms with E-state index in [0.717, 1.165) is 26.6 Å². The number of carbonyl (C=O) groups excluding carboxylic acids is 1. The average Bonchev–Trinajstić information content (AvgIpc) is 3.02. The normalized spacial score (nSPS) is 14.1. The van der Waals surface area contributed by atoms with Crippen LogP contribution in [0.15, 0.2) is 30.7 Å². The number of hydrogen-bond acceptors (Lipinski definition) is 5. The number of ether oxygens (including phenoxy) is 2. The van der Waals surface area contributed by atoms with E-state index in [1.54, 1.807) is 4.90 Å². The standard InChI is InChI=1S/C20H21IN4O3/c1-20(2,3)28-19(26)25-7-6-12-4-5-14(8-13(12)10-25)27-18-16-15(21)9-22-17(16)23-11-24-18/h4-5,8-9,11H,6-7,10H2,1-3H3,(H,22,23,24). The molecule has 0 fully saturated rings. The fraction of sp³-hybridized carbons (Fsp3) is 0.350. The lowest BCUT2D eigenvalue weighted by Crippen LogP contribution is -2.39. The zero-order valence-electron chi connectivity index (χ0n) is 16.0. The Bertz CT molecular complexity index is 1040. The molecular weight excluding hydrogens is 471 g/mol.